The van der Waals surface area contributed by atoms with Crippen LogP contribution in [0.2, 0.25) is 0 Å². The number of aliphatic carboxylic acids is 1. The third-order valence-electron chi connectivity index (χ3n) is 2.23. The van der Waals surface area contributed by atoms with Crippen molar-refractivity contribution in [1.82, 2.24) is 5.32 Å². The smallest absolute Gasteiger partial charge is 0.326 e. The fourth-order valence-electron chi connectivity index (χ4n) is 1.32. The fraction of sp³-hybridized carbons (Fsp3) is 0.455. The largest absolute Gasteiger partial charge is 0.480 e. The van der Waals surface area contributed by atoms with Crippen LogP contribution in [0.4, 0.5) is 0 Å². The van der Waals surface area contributed by atoms with E-state index in [1.165, 1.54) is 11.3 Å². The maximum Gasteiger partial charge on any atom is 0.326 e. The summed E-state index contributed by atoms with van der Waals surface area (Å²) < 4.78 is 4.85. The Bertz CT molecular complexity index is 364. The number of carbonyl (C=O) groups is 2. The van der Waals surface area contributed by atoms with Crippen molar-refractivity contribution in [2.24, 2.45) is 0 Å². The molecule has 1 aromatic rings. The second-order valence-corrected chi connectivity index (χ2v) is 4.29. The van der Waals surface area contributed by atoms with E-state index in [4.69, 9.17) is 9.84 Å². The molecule has 17 heavy (non-hydrogen) atoms. The van der Waals surface area contributed by atoms with Crippen molar-refractivity contribution >= 4 is 23.2 Å². The van der Waals surface area contributed by atoms with Gasteiger partial charge in [-0.15, -0.1) is 0 Å². The third kappa shape index (κ3) is 4.54. The molecule has 0 aliphatic carbocycles. The van der Waals surface area contributed by atoms with Gasteiger partial charge in [0.1, 0.15) is 6.04 Å². The first kappa shape index (κ1) is 13.7. The van der Waals surface area contributed by atoms with Crippen LogP contribution in [0.5, 0.6) is 0 Å². The van der Waals surface area contributed by atoms with E-state index >= 15 is 0 Å². The molecular formula is C11H15NO4S. The van der Waals surface area contributed by atoms with Crippen molar-refractivity contribution < 1.29 is 19.4 Å². The van der Waals surface area contributed by atoms with Gasteiger partial charge in [0, 0.05) is 19.1 Å². The molecule has 0 aromatic carbocycles. The molecule has 0 saturated heterocycles. The Balaban J connectivity index is 2.49. The zero-order valence-electron chi connectivity index (χ0n) is 9.51. The lowest BCUT2D eigenvalue weighted by Crippen LogP contribution is -2.40. The molecular weight excluding hydrogens is 242 g/mol. The van der Waals surface area contributed by atoms with Crippen molar-refractivity contribution in [3.8, 4) is 0 Å². The highest BCUT2D eigenvalue weighted by Gasteiger charge is 2.20. The number of hydrogen-bond donors (Lipinski definition) is 2. The Hall–Kier alpha value is -1.40. The van der Waals surface area contributed by atoms with Gasteiger partial charge in [-0.3, -0.25) is 4.79 Å². The van der Waals surface area contributed by atoms with E-state index in [1.54, 1.807) is 23.9 Å². The molecule has 2 N–H and O–H groups in total. The molecule has 1 rings (SSSR count). The number of ether oxygens (including phenoxy) is 1. The van der Waals surface area contributed by atoms with Gasteiger partial charge >= 0.3 is 5.97 Å². The first-order valence-electron chi connectivity index (χ1n) is 5.20. The standard InChI is InChI=1S/C11H15NO4S/c1-16-5-2-3-9(11(14)15)12-10(13)8-4-6-17-7-8/h4,6-7,9H,2-3,5H2,1H3,(H,12,13)(H,14,15). The molecule has 0 aliphatic rings. The predicted octanol–water partition coefficient (Wildman–Crippen LogP) is 1.36. The molecule has 0 fully saturated rings. The summed E-state index contributed by atoms with van der Waals surface area (Å²) in [5.41, 5.74) is 0.494. The Kier molecular flexibility index (Phi) is 5.65. The van der Waals surface area contributed by atoms with Crippen LogP contribution in [-0.4, -0.2) is 36.7 Å². The zero-order chi connectivity index (χ0) is 12.7. The summed E-state index contributed by atoms with van der Waals surface area (Å²) in [5, 5.41) is 14.9. The molecule has 1 aromatic heterocycles. The number of rotatable bonds is 7. The third-order valence-corrected chi connectivity index (χ3v) is 2.91. The number of carboxylic acids is 1. The first-order chi connectivity index (χ1) is 8.15. The lowest BCUT2D eigenvalue weighted by atomic mass is 10.1. The lowest BCUT2D eigenvalue weighted by Gasteiger charge is -2.13. The van der Waals surface area contributed by atoms with E-state index in [1.807, 2.05) is 0 Å². The first-order valence-corrected chi connectivity index (χ1v) is 6.14. The molecule has 1 amide bonds. The van der Waals surface area contributed by atoms with Crippen molar-refractivity contribution in [1.29, 1.82) is 0 Å². The minimum absolute atomic E-state index is 0.351. The predicted molar refractivity (Wildman–Crippen MR) is 64.3 cm³/mol. The Morgan fingerprint density at radius 3 is 2.88 bits per heavy atom. The van der Waals surface area contributed by atoms with Crippen molar-refractivity contribution in [3.63, 3.8) is 0 Å². The average Bonchev–Trinajstić information content (AvgIpc) is 2.81. The van der Waals surface area contributed by atoms with E-state index in [-0.39, 0.29) is 5.91 Å². The summed E-state index contributed by atoms with van der Waals surface area (Å²) in [6.45, 7) is 0.484. The maximum absolute atomic E-state index is 11.7. The molecule has 5 nitrogen and oxygen atoms in total. The number of carboxylic acid groups (broad SMARTS) is 1. The van der Waals surface area contributed by atoms with Crippen LogP contribution >= 0.6 is 11.3 Å². The van der Waals surface area contributed by atoms with E-state index in [2.05, 4.69) is 5.32 Å². The van der Waals surface area contributed by atoms with E-state index in [9.17, 15) is 9.59 Å². The quantitative estimate of drug-likeness (QED) is 0.723. The van der Waals surface area contributed by atoms with Gasteiger partial charge in [-0.1, -0.05) is 0 Å². The number of hydrogen-bond acceptors (Lipinski definition) is 4. The number of thiophene rings is 1. The fourth-order valence-corrected chi connectivity index (χ4v) is 1.96. The minimum atomic E-state index is -1.02. The molecule has 0 saturated carbocycles. The zero-order valence-corrected chi connectivity index (χ0v) is 10.3. The van der Waals surface area contributed by atoms with Crippen molar-refractivity contribution in [2.45, 2.75) is 18.9 Å². The van der Waals surface area contributed by atoms with Gasteiger partial charge in [0.25, 0.3) is 5.91 Å². The Morgan fingerprint density at radius 1 is 1.59 bits per heavy atom. The summed E-state index contributed by atoms with van der Waals surface area (Å²) in [6, 6.07) is 0.797. The summed E-state index contributed by atoms with van der Waals surface area (Å²) in [5.74, 6) is -1.37. The van der Waals surface area contributed by atoms with Gasteiger partial charge < -0.3 is 15.2 Å². The van der Waals surface area contributed by atoms with Crippen LogP contribution in [0.3, 0.4) is 0 Å². The Morgan fingerprint density at radius 2 is 2.35 bits per heavy atom. The molecule has 94 valence electrons. The number of methoxy groups -OCH3 is 1. The molecule has 0 aliphatic heterocycles. The summed E-state index contributed by atoms with van der Waals surface area (Å²) in [7, 11) is 1.56. The molecule has 1 unspecified atom stereocenters. The number of carbonyl (C=O) groups excluding carboxylic acids is 1. The van der Waals surface area contributed by atoms with E-state index in [0.29, 0.717) is 25.0 Å². The van der Waals surface area contributed by atoms with E-state index < -0.39 is 12.0 Å². The molecule has 1 heterocycles. The summed E-state index contributed by atoms with van der Waals surface area (Å²) in [4.78, 5) is 22.6. The van der Waals surface area contributed by atoms with Gasteiger partial charge in [-0.2, -0.15) is 11.3 Å². The number of amides is 1. The minimum Gasteiger partial charge on any atom is -0.480 e. The monoisotopic (exact) mass is 257 g/mol. The summed E-state index contributed by atoms with van der Waals surface area (Å²) in [6.07, 6.45) is 0.955. The van der Waals surface area contributed by atoms with Crippen molar-refractivity contribution in [2.75, 3.05) is 13.7 Å². The van der Waals surface area contributed by atoms with Crippen LogP contribution < -0.4 is 5.32 Å². The Labute approximate surface area is 103 Å². The SMILES string of the molecule is COCCCC(NC(=O)c1ccsc1)C(=O)O. The van der Waals surface area contributed by atoms with E-state index in [0.717, 1.165) is 0 Å². The van der Waals surface area contributed by atoms with Gasteiger partial charge in [-0.05, 0) is 24.3 Å². The van der Waals surface area contributed by atoms with Crippen LogP contribution in [0.15, 0.2) is 16.8 Å². The highest BCUT2D eigenvalue weighted by molar-refractivity contribution is 7.08. The molecule has 0 spiro atoms. The summed E-state index contributed by atoms with van der Waals surface area (Å²) >= 11 is 1.40. The maximum atomic E-state index is 11.7. The van der Waals surface area contributed by atoms with Crippen LogP contribution in [0.1, 0.15) is 23.2 Å². The topological polar surface area (TPSA) is 75.6 Å². The second kappa shape index (κ2) is 7.03. The highest BCUT2D eigenvalue weighted by atomic mass is 32.1. The van der Waals surface area contributed by atoms with Gasteiger partial charge in [-0.25, -0.2) is 4.79 Å². The van der Waals surface area contributed by atoms with Crippen LogP contribution in [0.25, 0.3) is 0 Å². The van der Waals surface area contributed by atoms with Crippen molar-refractivity contribution in [3.05, 3.63) is 22.4 Å². The van der Waals surface area contributed by atoms with Gasteiger partial charge in [0.05, 0.1) is 5.56 Å². The van der Waals surface area contributed by atoms with Crippen LogP contribution in [-0.2, 0) is 9.53 Å². The van der Waals surface area contributed by atoms with Gasteiger partial charge in [0.15, 0.2) is 0 Å². The molecule has 1 atom stereocenters. The molecule has 6 heteroatoms. The molecule has 0 bridgehead atoms. The number of nitrogens with one attached hydrogen (secondary N) is 1. The average molecular weight is 257 g/mol. The highest BCUT2D eigenvalue weighted by Crippen LogP contribution is 2.07. The normalized spacial score (nSPS) is 12.1. The van der Waals surface area contributed by atoms with Crippen LogP contribution in [0, 0.1) is 0 Å². The lowest BCUT2D eigenvalue weighted by molar-refractivity contribution is -0.139. The van der Waals surface area contributed by atoms with Gasteiger partial charge in [0.2, 0.25) is 0 Å². The molecule has 0 radical (unpaired) electrons. The second-order valence-electron chi connectivity index (χ2n) is 3.51.